The molecule has 1 rings (SSSR count). The van der Waals surface area contributed by atoms with E-state index in [0.717, 1.165) is 38.5 Å². The molecule has 27 heavy (non-hydrogen) atoms. The zero-order valence-corrected chi connectivity index (χ0v) is 16.6. The van der Waals surface area contributed by atoms with Crippen LogP contribution in [-0.2, 0) is 14.3 Å². The number of aliphatic carboxylic acids is 1. The zero-order chi connectivity index (χ0) is 20.1. The number of carboxylic acids is 1. The summed E-state index contributed by atoms with van der Waals surface area (Å²) in [5.74, 6) is -0.941. The predicted molar refractivity (Wildman–Crippen MR) is 101 cm³/mol. The smallest absolute Gasteiger partial charge is 0.305 e. The van der Waals surface area contributed by atoms with Gasteiger partial charge in [0.2, 0.25) is 0 Å². The minimum atomic E-state index is -0.941. The van der Waals surface area contributed by atoms with Crippen LogP contribution in [0.25, 0.3) is 0 Å². The molecule has 1 saturated heterocycles. The van der Waals surface area contributed by atoms with Crippen molar-refractivity contribution in [3.8, 4) is 0 Å². The molecule has 0 aromatic carbocycles. The van der Waals surface area contributed by atoms with E-state index in [1.807, 2.05) is 0 Å². The predicted octanol–water partition coefficient (Wildman–Crippen LogP) is 2.60. The number of aliphatic hydroxyl groups is 3. The molecule has 0 spiro atoms. The molecule has 0 radical (unpaired) electrons. The van der Waals surface area contributed by atoms with Crippen molar-refractivity contribution in [1.29, 1.82) is 0 Å². The van der Waals surface area contributed by atoms with Crippen LogP contribution in [0.1, 0.15) is 84.0 Å². The first-order chi connectivity index (χ1) is 12.9. The normalized spacial score (nSPS) is 26.8. The van der Waals surface area contributed by atoms with Crippen LogP contribution in [-0.4, -0.2) is 63.7 Å². The van der Waals surface area contributed by atoms with Crippen molar-refractivity contribution >= 4 is 5.97 Å². The molecule has 0 aromatic heterocycles. The van der Waals surface area contributed by atoms with Crippen LogP contribution in [0.5, 0.6) is 0 Å². The summed E-state index contributed by atoms with van der Waals surface area (Å²) in [5, 5.41) is 37.5. The Morgan fingerprint density at radius 2 is 1.56 bits per heavy atom. The molecular formula is C20H38O7. The Balaban J connectivity index is 1.85. The summed E-state index contributed by atoms with van der Waals surface area (Å²) >= 11 is 0. The Morgan fingerprint density at radius 1 is 1.00 bits per heavy atom. The molecule has 0 unspecified atom stereocenters. The molecule has 7 heteroatoms. The van der Waals surface area contributed by atoms with Crippen molar-refractivity contribution in [3.05, 3.63) is 0 Å². The van der Waals surface area contributed by atoms with Gasteiger partial charge in [0.1, 0.15) is 6.10 Å². The Labute approximate surface area is 162 Å². The van der Waals surface area contributed by atoms with Gasteiger partial charge in [0.25, 0.3) is 0 Å². The second-order valence-electron chi connectivity index (χ2n) is 7.67. The van der Waals surface area contributed by atoms with Gasteiger partial charge < -0.3 is 29.9 Å². The SMILES string of the molecule is C[C@@H]1O[C@@H](OCCCCCCCCCCC[C@@H](O)CC(=O)O)[C@H](O)C[C@H]1O. The highest BCUT2D eigenvalue weighted by molar-refractivity contribution is 5.67. The molecule has 1 aliphatic heterocycles. The number of ether oxygens (including phenoxy) is 2. The van der Waals surface area contributed by atoms with E-state index in [1.54, 1.807) is 6.92 Å². The standard InChI is InChI=1S/C20H38O7/c1-15-17(22)14-18(23)20(27-15)26-12-10-8-6-4-2-3-5-7-9-11-16(21)13-19(24)25/h15-18,20-23H,2-14H2,1H3,(H,24,25)/t15-,16+,17+,18+,20+/m0/s1. The van der Waals surface area contributed by atoms with Crippen LogP contribution in [0.15, 0.2) is 0 Å². The van der Waals surface area contributed by atoms with Crippen molar-refractivity contribution in [2.24, 2.45) is 0 Å². The van der Waals surface area contributed by atoms with Gasteiger partial charge in [-0.25, -0.2) is 0 Å². The van der Waals surface area contributed by atoms with Gasteiger partial charge in [-0.05, 0) is 19.8 Å². The largest absolute Gasteiger partial charge is 0.481 e. The monoisotopic (exact) mass is 390 g/mol. The number of hydrogen-bond donors (Lipinski definition) is 4. The van der Waals surface area contributed by atoms with Gasteiger partial charge in [-0.2, -0.15) is 0 Å². The van der Waals surface area contributed by atoms with E-state index in [0.29, 0.717) is 19.4 Å². The third kappa shape index (κ3) is 11.7. The Bertz CT molecular complexity index is 391. The second kappa shape index (κ2) is 14.3. The maximum Gasteiger partial charge on any atom is 0.305 e. The van der Waals surface area contributed by atoms with Crippen molar-refractivity contribution in [3.63, 3.8) is 0 Å². The third-order valence-electron chi connectivity index (χ3n) is 5.06. The summed E-state index contributed by atoms with van der Waals surface area (Å²) < 4.78 is 11.1. The molecule has 4 N–H and O–H groups in total. The lowest BCUT2D eigenvalue weighted by Gasteiger charge is -2.35. The van der Waals surface area contributed by atoms with Gasteiger partial charge >= 0.3 is 5.97 Å². The summed E-state index contributed by atoms with van der Waals surface area (Å²) in [5.41, 5.74) is 0. The van der Waals surface area contributed by atoms with Crippen LogP contribution in [0, 0.1) is 0 Å². The molecule has 1 heterocycles. The highest BCUT2D eigenvalue weighted by Gasteiger charge is 2.34. The molecule has 0 bridgehead atoms. The number of rotatable bonds is 15. The fourth-order valence-corrected chi connectivity index (χ4v) is 3.32. The van der Waals surface area contributed by atoms with Gasteiger partial charge in [0.15, 0.2) is 6.29 Å². The van der Waals surface area contributed by atoms with Gasteiger partial charge in [0.05, 0.1) is 24.7 Å². The van der Waals surface area contributed by atoms with Crippen LogP contribution < -0.4 is 0 Å². The molecule has 160 valence electrons. The Kier molecular flexibility index (Phi) is 12.9. The molecule has 7 nitrogen and oxygen atoms in total. The fraction of sp³-hybridized carbons (Fsp3) is 0.950. The zero-order valence-electron chi connectivity index (χ0n) is 16.6. The number of aliphatic hydroxyl groups excluding tert-OH is 3. The third-order valence-corrected chi connectivity index (χ3v) is 5.06. The van der Waals surface area contributed by atoms with Gasteiger partial charge in [-0.3, -0.25) is 4.79 Å². The molecular weight excluding hydrogens is 352 g/mol. The molecule has 0 amide bonds. The van der Waals surface area contributed by atoms with Crippen LogP contribution in [0.3, 0.4) is 0 Å². The lowest BCUT2D eigenvalue weighted by Crippen LogP contribution is -2.47. The quantitative estimate of drug-likeness (QED) is 0.318. The van der Waals surface area contributed by atoms with Crippen molar-refractivity contribution < 1.29 is 34.7 Å². The first-order valence-electron chi connectivity index (χ1n) is 10.4. The molecule has 5 atom stereocenters. The summed E-state index contributed by atoms with van der Waals surface area (Å²) in [4.78, 5) is 10.4. The van der Waals surface area contributed by atoms with Crippen LogP contribution in [0.2, 0.25) is 0 Å². The van der Waals surface area contributed by atoms with E-state index >= 15 is 0 Å². The maximum atomic E-state index is 10.4. The van der Waals surface area contributed by atoms with Gasteiger partial charge in [0, 0.05) is 13.0 Å². The number of unbranched alkanes of at least 4 members (excludes halogenated alkanes) is 8. The number of hydrogen-bond acceptors (Lipinski definition) is 6. The average Bonchev–Trinajstić information content (AvgIpc) is 2.59. The molecule has 0 aliphatic carbocycles. The minimum absolute atomic E-state index is 0.156. The first-order valence-corrected chi connectivity index (χ1v) is 10.4. The number of carboxylic acid groups (broad SMARTS) is 1. The van der Waals surface area contributed by atoms with E-state index in [2.05, 4.69) is 0 Å². The lowest BCUT2D eigenvalue weighted by atomic mass is 10.0. The van der Waals surface area contributed by atoms with Crippen LogP contribution >= 0.6 is 0 Å². The summed E-state index contributed by atoms with van der Waals surface area (Å²) in [6.07, 6.45) is 7.47. The maximum absolute atomic E-state index is 10.4. The Hall–Kier alpha value is -0.730. The highest BCUT2D eigenvalue weighted by atomic mass is 16.7. The van der Waals surface area contributed by atoms with Gasteiger partial charge in [-0.1, -0.05) is 51.4 Å². The highest BCUT2D eigenvalue weighted by Crippen LogP contribution is 2.21. The van der Waals surface area contributed by atoms with E-state index in [9.17, 15) is 20.1 Å². The second-order valence-corrected chi connectivity index (χ2v) is 7.67. The summed E-state index contributed by atoms with van der Waals surface area (Å²) in [6, 6.07) is 0. The number of carbonyl (C=O) groups is 1. The van der Waals surface area contributed by atoms with E-state index in [4.69, 9.17) is 14.6 Å². The van der Waals surface area contributed by atoms with E-state index in [1.165, 1.54) is 19.3 Å². The fourth-order valence-electron chi connectivity index (χ4n) is 3.32. The van der Waals surface area contributed by atoms with Crippen molar-refractivity contribution in [1.82, 2.24) is 0 Å². The topological polar surface area (TPSA) is 116 Å². The summed E-state index contributed by atoms with van der Waals surface area (Å²) in [7, 11) is 0. The minimum Gasteiger partial charge on any atom is -0.481 e. The Morgan fingerprint density at radius 3 is 2.15 bits per heavy atom. The van der Waals surface area contributed by atoms with Gasteiger partial charge in [-0.15, -0.1) is 0 Å². The molecule has 0 saturated carbocycles. The van der Waals surface area contributed by atoms with Crippen molar-refractivity contribution in [2.75, 3.05) is 6.61 Å². The first kappa shape index (κ1) is 24.3. The van der Waals surface area contributed by atoms with Crippen LogP contribution in [0.4, 0.5) is 0 Å². The van der Waals surface area contributed by atoms with E-state index in [-0.39, 0.29) is 12.5 Å². The lowest BCUT2D eigenvalue weighted by molar-refractivity contribution is -0.261. The van der Waals surface area contributed by atoms with E-state index < -0.39 is 30.6 Å². The molecule has 1 aliphatic rings. The molecule has 0 aromatic rings. The summed E-state index contributed by atoms with van der Waals surface area (Å²) in [6.45, 7) is 2.34. The molecule has 1 fully saturated rings. The average molecular weight is 391 g/mol. The van der Waals surface area contributed by atoms with Crippen molar-refractivity contribution in [2.45, 2.75) is 115 Å².